The van der Waals surface area contributed by atoms with Gasteiger partial charge in [-0.15, -0.1) is 0 Å². The fourth-order valence-corrected chi connectivity index (χ4v) is 2.46. The first-order valence-corrected chi connectivity index (χ1v) is 8.47. The number of carbonyl (C=O) groups is 3. The van der Waals surface area contributed by atoms with Crippen LogP contribution in [-0.2, 0) is 20.8 Å². The molecule has 0 aromatic heterocycles. The molecule has 8 heteroatoms. The topological polar surface area (TPSA) is 87.3 Å². The van der Waals surface area contributed by atoms with Crippen LogP contribution in [0.25, 0.3) is 0 Å². The molecule has 2 rings (SSSR count). The Bertz CT molecular complexity index is 823. The Morgan fingerprint density at radius 3 is 2.27 bits per heavy atom. The van der Waals surface area contributed by atoms with Gasteiger partial charge in [0.1, 0.15) is 0 Å². The molecule has 26 heavy (non-hydrogen) atoms. The molecule has 0 saturated carbocycles. The Labute approximate surface area is 160 Å². The van der Waals surface area contributed by atoms with Crippen LogP contribution >= 0.6 is 23.2 Å². The van der Waals surface area contributed by atoms with Crippen molar-refractivity contribution in [1.82, 2.24) is 5.32 Å². The highest BCUT2D eigenvalue weighted by atomic mass is 35.5. The maximum Gasteiger partial charge on any atom is 0.243 e. The van der Waals surface area contributed by atoms with Crippen molar-refractivity contribution in [2.45, 2.75) is 13.3 Å². The predicted molar refractivity (Wildman–Crippen MR) is 103 cm³/mol. The minimum Gasteiger partial charge on any atom is -0.347 e. The van der Waals surface area contributed by atoms with Gasteiger partial charge in [0, 0.05) is 17.6 Å². The molecular formula is C18H17Cl2N3O3. The van der Waals surface area contributed by atoms with Crippen LogP contribution in [0.2, 0.25) is 10.0 Å². The van der Waals surface area contributed by atoms with E-state index in [-0.39, 0.29) is 24.8 Å². The van der Waals surface area contributed by atoms with E-state index in [0.717, 1.165) is 5.56 Å². The molecule has 6 nitrogen and oxygen atoms in total. The highest BCUT2D eigenvalue weighted by Gasteiger charge is 2.09. The Balaban J connectivity index is 1.81. The zero-order chi connectivity index (χ0) is 19.1. The zero-order valence-corrected chi connectivity index (χ0v) is 15.4. The second kappa shape index (κ2) is 9.22. The summed E-state index contributed by atoms with van der Waals surface area (Å²) < 4.78 is 0. The van der Waals surface area contributed by atoms with E-state index in [1.54, 1.807) is 36.4 Å². The molecule has 0 aliphatic heterocycles. The average Bonchev–Trinajstić information content (AvgIpc) is 2.58. The molecule has 0 bridgehead atoms. The molecule has 2 aromatic rings. The third-order valence-corrected chi connectivity index (χ3v) is 3.85. The summed E-state index contributed by atoms with van der Waals surface area (Å²) in [7, 11) is 0. The van der Waals surface area contributed by atoms with Crippen molar-refractivity contribution in [2.75, 3.05) is 17.2 Å². The number of amides is 3. The summed E-state index contributed by atoms with van der Waals surface area (Å²) in [5.41, 5.74) is 1.79. The third kappa shape index (κ3) is 6.38. The normalized spacial score (nSPS) is 10.1. The maximum atomic E-state index is 11.9. The second-order valence-electron chi connectivity index (χ2n) is 5.50. The summed E-state index contributed by atoms with van der Waals surface area (Å²) >= 11 is 11.8. The number of rotatable bonds is 6. The van der Waals surface area contributed by atoms with Gasteiger partial charge in [0.25, 0.3) is 0 Å². The summed E-state index contributed by atoms with van der Waals surface area (Å²) in [6.45, 7) is 1.23. The van der Waals surface area contributed by atoms with Gasteiger partial charge in [-0.2, -0.15) is 0 Å². The number of anilines is 2. The lowest BCUT2D eigenvalue weighted by atomic mass is 10.1. The van der Waals surface area contributed by atoms with Gasteiger partial charge in [0.2, 0.25) is 17.7 Å². The molecule has 2 aromatic carbocycles. The van der Waals surface area contributed by atoms with E-state index in [2.05, 4.69) is 16.0 Å². The zero-order valence-electron chi connectivity index (χ0n) is 13.9. The monoisotopic (exact) mass is 393 g/mol. The molecule has 0 radical (unpaired) electrons. The smallest absolute Gasteiger partial charge is 0.243 e. The first-order chi connectivity index (χ1) is 12.3. The van der Waals surface area contributed by atoms with Gasteiger partial charge in [-0.05, 0) is 35.9 Å². The molecule has 3 N–H and O–H groups in total. The summed E-state index contributed by atoms with van der Waals surface area (Å²) in [6.07, 6.45) is 0.117. The number of halogens is 2. The van der Waals surface area contributed by atoms with Gasteiger partial charge < -0.3 is 16.0 Å². The largest absolute Gasteiger partial charge is 0.347 e. The highest BCUT2D eigenvalue weighted by molar-refractivity contribution is 6.35. The molecule has 0 heterocycles. The first-order valence-electron chi connectivity index (χ1n) is 7.71. The minimum absolute atomic E-state index is 0.117. The number of hydrogen-bond donors (Lipinski definition) is 3. The minimum atomic E-state index is -0.413. The van der Waals surface area contributed by atoms with Crippen LogP contribution in [0.3, 0.4) is 0 Å². The summed E-state index contributed by atoms with van der Waals surface area (Å²) in [5, 5.41) is 8.56. The van der Waals surface area contributed by atoms with Crippen LogP contribution in [0, 0.1) is 0 Å². The molecule has 0 saturated heterocycles. The van der Waals surface area contributed by atoms with E-state index in [0.29, 0.717) is 21.4 Å². The average molecular weight is 394 g/mol. The Kier molecular flexibility index (Phi) is 7.00. The molecule has 0 aliphatic carbocycles. The fourth-order valence-electron chi connectivity index (χ4n) is 2.12. The van der Waals surface area contributed by atoms with Gasteiger partial charge in [-0.1, -0.05) is 35.3 Å². The second-order valence-corrected chi connectivity index (χ2v) is 6.35. The quantitative estimate of drug-likeness (QED) is 0.703. The Morgan fingerprint density at radius 1 is 0.923 bits per heavy atom. The summed E-state index contributed by atoms with van der Waals surface area (Å²) in [5.74, 6) is -0.880. The highest BCUT2D eigenvalue weighted by Crippen LogP contribution is 2.25. The maximum absolute atomic E-state index is 11.9. The van der Waals surface area contributed by atoms with Gasteiger partial charge >= 0.3 is 0 Å². The van der Waals surface area contributed by atoms with Gasteiger partial charge in [-0.25, -0.2) is 0 Å². The number of benzene rings is 2. The molecule has 136 valence electrons. The van der Waals surface area contributed by atoms with Crippen LogP contribution < -0.4 is 16.0 Å². The van der Waals surface area contributed by atoms with Crippen LogP contribution in [0.1, 0.15) is 12.5 Å². The Morgan fingerprint density at radius 2 is 1.62 bits per heavy atom. The van der Waals surface area contributed by atoms with E-state index < -0.39 is 5.91 Å². The Hall–Kier alpha value is -2.57. The number of carbonyl (C=O) groups excluding carboxylic acids is 3. The molecule has 0 atom stereocenters. The van der Waals surface area contributed by atoms with Crippen molar-refractivity contribution in [1.29, 1.82) is 0 Å². The van der Waals surface area contributed by atoms with E-state index in [4.69, 9.17) is 23.2 Å². The molecular weight excluding hydrogens is 377 g/mol. The molecule has 0 spiro atoms. The lowest BCUT2D eigenvalue weighted by Gasteiger charge is -2.09. The van der Waals surface area contributed by atoms with E-state index in [1.807, 2.05) is 0 Å². The van der Waals surface area contributed by atoms with E-state index >= 15 is 0 Å². The third-order valence-electron chi connectivity index (χ3n) is 3.29. The lowest BCUT2D eigenvalue weighted by Crippen LogP contribution is -2.33. The summed E-state index contributed by atoms with van der Waals surface area (Å²) in [6, 6.07) is 11.6. The SMILES string of the molecule is CC(=O)Nc1ccc(CC(=O)NCC(=O)Nc2cc(Cl)ccc2Cl)cc1. The van der Waals surface area contributed by atoms with Crippen molar-refractivity contribution in [3.63, 3.8) is 0 Å². The molecule has 3 amide bonds. The van der Waals surface area contributed by atoms with Crippen LogP contribution in [0.4, 0.5) is 11.4 Å². The van der Waals surface area contributed by atoms with Gasteiger partial charge in [0.15, 0.2) is 0 Å². The van der Waals surface area contributed by atoms with Crippen molar-refractivity contribution < 1.29 is 14.4 Å². The molecule has 0 fully saturated rings. The fraction of sp³-hybridized carbons (Fsp3) is 0.167. The summed E-state index contributed by atoms with van der Waals surface area (Å²) in [4.78, 5) is 34.8. The standard InChI is InChI=1S/C18H17Cl2N3O3/c1-11(24)22-14-5-2-12(3-6-14)8-17(25)21-10-18(26)23-16-9-13(19)4-7-15(16)20/h2-7,9H,8,10H2,1H3,(H,21,25)(H,22,24)(H,23,26). The van der Waals surface area contributed by atoms with Crippen molar-refractivity contribution in [3.8, 4) is 0 Å². The van der Waals surface area contributed by atoms with E-state index in [1.165, 1.54) is 13.0 Å². The number of hydrogen-bond acceptors (Lipinski definition) is 3. The first kappa shape index (κ1) is 19.8. The number of nitrogens with one attached hydrogen (secondary N) is 3. The van der Waals surface area contributed by atoms with Crippen LogP contribution in [0.5, 0.6) is 0 Å². The van der Waals surface area contributed by atoms with Crippen molar-refractivity contribution in [3.05, 3.63) is 58.1 Å². The predicted octanol–water partition coefficient (Wildman–Crippen LogP) is 3.25. The van der Waals surface area contributed by atoms with Crippen molar-refractivity contribution >= 4 is 52.3 Å². The van der Waals surface area contributed by atoms with E-state index in [9.17, 15) is 14.4 Å². The van der Waals surface area contributed by atoms with Crippen LogP contribution in [-0.4, -0.2) is 24.3 Å². The molecule has 0 aliphatic rings. The molecule has 0 unspecified atom stereocenters. The van der Waals surface area contributed by atoms with Gasteiger partial charge in [0.05, 0.1) is 23.7 Å². The van der Waals surface area contributed by atoms with Gasteiger partial charge in [-0.3, -0.25) is 14.4 Å². The van der Waals surface area contributed by atoms with Crippen LogP contribution in [0.15, 0.2) is 42.5 Å². The lowest BCUT2D eigenvalue weighted by molar-refractivity contribution is -0.123. The van der Waals surface area contributed by atoms with Crippen molar-refractivity contribution in [2.24, 2.45) is 0 Å².